The molecule has 6 nitrogen and oxygen atoms in total. The lowest BCUT2D eigenvalue weighted by Gasteiger charge is -2.24. The van der Waals surface area contributed by atoms with Crippen LogP contribution in [0.15, 0.2) is 34.9 Å². The van der Waals surface area contributed by atoms with Crippen LogP contribution in [0.25, 0.3) is 11.3 Å². The standard InChI is InChI=1S/C18H22N2O4/c1-12(21)17-15(16(19-24-17)13-7-4-3-5-8-13)18(22)20-10-6-9-14(20)11-23-2/h3-5,7-8,12,14,21H,6,9-11H2,1-2H3. The van der Waals surface area contributed by atoms with Crippen LogP contribution in [0.3, 0.4) is 0 Å². The van der Waals surface area contributed by atoms with Crippen LogP contribution in [0.2, 0.25) is 0 Å². The predicted molar refractivity (Wildman–Crippen MR) is 88.5 cm³/mol. The second-order valence-electron chi connectivity index (χ2n) is 6.06. The molecule has 1 N–H and O–H groups in total. The number of ether oxygens (including phenoxy) is 1. The number of benzene rings is 1. The Morgan fingerprint density at radius 2 is 2.21 bits per heavy atom. The zero-order valence-corrected chi connectivity index (χ0v) is 13.9. The van der Waals surface area contributed by atoms with Gasteiger partial charge in [-0.15, -0.1) is 0 Å². The first-order chi connectivity index (χ1) is 11.6. The summed E-state index contributed by atoms with van der Waals surface area (Å²) in [6.45, 7) is 2.75. The minimum absolute atomic E-state index is 0.0443. The number of carbonyl (C=O) groups excluding carboxylic acids is 1. The number of rotatable bonds is 5. The number of nitrogens with zero attached hydrogens (tertiary/aromatic N) is 2. The highest BCUT2D eigenvalue weighted by Crippen LogP contribution is 2.32. The molecular formula is C18H22N2O4. The third-order valence-corrected chi connectivity index (χ3v) is 4.36. The van der Waals surface area contributed by atoms with Crippen molar-refractivity contribution in [3.05, 3.63) is 41.7 Å². The van der Waals surface area contributed by atoms with E-state index in [1.54, 1.807) is 18.9 Å². The third-order valence-electron chi connectivity index (χ3n) is 4.36. The van der Waals surface area contributed by atoms with Gasteiger partial charge in [-0.2, -0.15) is 0 Å². The Kier molecular flexibility index (Phi) is 4.97. The summed E-state index contributed by atoms with van der Waals surface area (Å²) >= 11 is 0. The number of hydrogen-bond donors (Lipinski definition) is 1. The minimum Gasteiger partial charge on any atom is -0.385 e. The summed E-state index contributed by atoms with van der Waals surface area (Å²) in [5, 5.41) is 14.1. The summed E-state index contributed by atoms with van der Waals surface area (Å²) in [6, 6.07) is 9.44. The van der Waals surface area contributed by atoms with Crippen LogP contribution in [0.5, 0.6) is 0 Å². The Morgan fingerprint density at radius 3 is 2.88 bits per heavy atom. The maximum absolute atomic E-state index is 13.2. The van der Waals surface area contributed by atoms with E-state index in [0.717, 1.165) is 18.4 Å². The van der Waals surface area contributed by atoms with E-state index in [1.807, 2.05) is 30.3 Å². The van der Waals surface area contributed by atoms with Crippen LogP contribution in [0, 0.1) is 0 Å². The number of aromatic nitrogens is 1. The predicted octanol–water partition coefficient (Wildman–Crippen LogP) is 2.65. The Morgan fingerprint density at radius 1 is 1.46 bits per heavy atom. The Bertz CT molecular complexity index is 696. The van der Waals surface area contributed by atoms with Gasteiger partial charge in [0.25, 0.3) is 5.91 Å². The third kappa shape index (κ3) is 3.07. The number of aliphatic hydroxyl groups is 1. The SMILES string of the molecule is COCC1CCCN1C(=O)c1c(-c2ccccc2)noc1C(C)O. The van der Waals surface area contributed by atoms with Crippen molar-refractivity contribution in [1.82, 2.24) is 10.1 Å². The quantitative estimate of drug-likeness (QED) is 0.912. The van der Waals surface area contributed by atoms with Gasteiger partial charge >= 0.3 is 0 Å². The van der Waals surface area contributed by atoms with E-state index in [9.17, 15) is 9.90 Å². The molecule has 1 aliphatic heterocycles. The summed E-state index contributed by atoms with van der Waals surface area (Å²) in [7, 11) is 1.64. The van der Waals surface area contributed by atoms with Crippen molar-refractivity contribution in [2.24, 2.45) is 0 Å². The van der Waals surface area contributed by atoms with Crippen LogP contribution < -0.4 is 0 Å². The normalized spacial score (nSPS) is 18.8. The molecule has 2 heterocycles. The molecule has 2 atom stereocenters. The van der Waals surface area contributed by atoms with Gasteiger partial charge in [0, 0.05) is 19.2 Å². The van der Waals surface area contributed by atoms with Crippen LogP contribution in [0.4, 0.5) is 0 Å². The van der Waals surface area contributed by atoms with Gasteiger partial charge in [-0.1, -0.05) is 35.5 Å². The Balaban J connectivity index is 2.02. The van der Waals surface area contributed by atoms with Crippen molar-refractivity contribution in [3.63, 3.8) is 0 Å². The Hall–Kier alpha value is -2.18. The minimum atomic E-state index is -0.905. The van der Waals surface area contributed by atoms with E-state index in [0.29, 0.717) is 24.4 Å². The molecule has 0 aliphatic carbocycles. The summed E-state index contributed by atoms with van der Waals surface area (Å²) < 4.78 is 10.5. The first-order valence-electron chi connectivity index (χ1n) is 8.16. The molecular weight excluding hydrogens is 308 g/mol. The van der Waals surface area contributed by atoms with Gasteiger partial charge in [0.2, 0.25) is 0 Å². The van der Waals surface area contributed by atoms with Gasteiger partial charge in [-0.05, 0) is 19.8 Å². The molecule has 2 aromatic rings. The van der Waals surface area contributed by atoms with Crippen molar-refractivity contribution in [1.29, 1.82) is 0 Å². The van der Waals surface area contributed by atoms with E-state index in [-0.39, 0.29) is 17.7 Å². The Labute approximate surface area is 141 Å². The molecule has 1 amide bonds. The molecule has 1 aromatic carbocycles. The topological polar surface area (TPSA) is 75.8 Å². The smallest absolute Gasteiger partial charge is 0.260 e. The average molecular weight is 330 g/mol. The van der Waals surface area contributed by atoms with Crippen LogP contribution in [0.1, 0.15) is 42.0 Å². The fraction of sp³-hybridized carbons (Fsp3) is 0.444. The van der Waals surface area contributed by atoms with E-state index < -0.39 is 6.10 Å². The lowest BCUT2D eigenvalue weighted by molar-refractivity contribution is 0.0621. The molecule has 1 aliphatic rings. The fourth-order valence-electron chi connectivity index (χ4n) is 3.20. The lowest BCUT2D eigenvalue weighted by atomic mass is 10.0. The molecule has 3 rings (SSSR count). The van der Waals surface area contributed by atoms with E-state index in [1.165, 1.54) is 0 Å². The second-order valence-corrected chi connectivity index (χ2v) is 6.06. The van der Waals surface area contributed by atoms with Crippen molar-refractivity contribution in [2.75, 3.05) is 20.3 Å². The molecule has 1 fully saturated rings. The van der Waals surface area contributed by atoms with Gasteiger partial charge in [0.05, 0.1) is 12.6 Å². The van der Waals surface area contributed by atoms with Gasteiger partial charge < -0.3 is 19.3 Å². The molecule has 0 spiro atoms. The second kappa shape index (κ2) is 7.15. The van der Waals surface area contributed by atoms with Gasteiger partial charge in [-0.25, -0.2) is 0 Å². The van der Waals surface area contributed by atoms with Gasteiger partial charge in [-0.3, -0.25) is 4.79 Å². The molecule has 6 heteroatoms. The average Bonchev–Trinajstić information content (AvgIpc) is 3.22. The van der Waals surface area contributed by atoms with E-state index in [2.05, 4.69) is 5.16 Å². The molecule has 1 aromatic heterocycles. The van der Waals surface area contributed by atoms with Crippen molar-refractivity contribution in [2.45, 2.75) is 31.9 Å². The van der Waals surface area contributed by atoms with E-state index >= 15 is 0 Å². The summed E-state index contributed by atoms with van der Waals surface area (Å²) in [5.41, 5.74) is 1.61. The maximum Gasteiger partial charge on any atom is 0.260 e. The number of hydrogen-bond acceptors (Lipinski definition) is 5. The summed E-state index contributed by atoms with van der Waals surface area (Å²) in [5.74, 6) is 0.0486. The zero-order valence-electron chi connectivity index (χ0n) is 13.9. The molecule has 1 saturated heterocycles. The highest BCUT2D eigenvalue weighted by molar-refractivity contribution is 6.01. The summed E-state index contributed by atoms with van der Waals surface area (Å²) in [4.78, 5) is 15.0. The van der Waals surface area contributed by atoms with Crippen molar-refractivity contribution < 1.29 is 19.2 Å². The molecule has 0 radical (unpaired) electrons. The number of carbonyl (C=O) groups is 1. The number of aliphatic hydroxyl groups excluding tert-OH is 1. The molecule has 0 saturated carbocycles. The first kappa shape index (κ1) is 16.7. The maximum atomic E-state index is 13.2. The van der Waals surface area contributed by atoms with Gasteiger partial charge in [0.1, 0.15) is 17.4 Å². The highest BCUT2D eigenvalue weighted by atomic mass is 16.5. The number of methoxy groups -OCH3 is 1. The van der Waals surface area contributed by atoms with Crippen LogP contribution >= 0.6 is 0 Å². The van der Waals surface area contributed by atoms with Crippen molar-refractivity contribution >= 4 is 5.91 Å². The number of likely N-dealkylation sites (tertiary alicyclic amines) is 1. The molecule has 2 unspecified atom stereocenters. The largest absolute Gasteiger partial charge is 0.385 e. The van der Waals surface area contributed by atoms with Crippen molar-refractivity contribution in [3.8, 4) is 11.3 Å². The van der Waals surface area contributed by atoms with Crippen LogP contribution in [-0.2, 0) is 4.74 Å². The lowest BCUT2D eigenvalue weighted by Crippen LogP contribution is -2.38. The molecule has 0 bridgehead atoms. The first-order valence-corrected chi connectivity index (χ1v) is 8.16. The van der Waals surface area contributed by atoms with E-state index in [4.69, 9.17) is 9.26 Å². The number of amides is 1. The summed E-state index contributed by atoms with van der Waals surface area (Å²) in [6.07, 6.45) is 0.947. The molecule has 24 heavy (non-hydrogen) atoms. The van der Waals surface area contributed by atoms with Crippen LogP contribution in [-0.4, -0.2) is 47.4 Å². The monoisotopic (exact) mass is 330 g/mol. The highest BCUT2D eigenvalue weighted by Gasteiger charge is 2.35. The molecule has 128 valence electrons. The zero-order chi connectivity index (χ0) is 17.1. The van der Waals surface area contributed by atoms with Gasteiger partial charge in [0.15, 0.2) is 5.76 Å². The fourth-order valence-corrected chi connectivity index (χ4v) is 3.20.